The molecular formula is C12H26IN3S. The molecule has 0 aliphatic carbocycles. The molecule has 1 saturated heterocycles. The number of aliphatic imine (C=N–C) groups is 1. The Bertz CT molecular complexity index is 238. The van der Waals surface area contributed by atoms with Crippen molar-refractivity contribution < 1.29 is 0 Å². The highest BCUT2D eigenvalue weighted by atomic mass is 127. The SMILES string of the molecule is CCNC(=NCC(C)(C)SC)N1CCCC1.I. The lowest BCUT2D eigenvalue weighted by Crippen LogP contribution is -2.40. The number of likely N-dealkylation sites (tertiary alicyclic amines) is 1. The van der Waals surface area contributed by atoms with Crippen LogP contribution in [-0.4, -0.2) is 48.0 Å². The van der Waals surface area contributed by atoms with E-state index in [1.54, 1.807) is 0 Å². The topological polar surface area (TPSA) is 27.6 Å². The van der Waals surface area contributed by atoms with Crippen LogP contribution in [0.25, 0.3) is 0 Å². The Kier molecular flexibility index (Phi) is 8.63. The average molecular weight is 371 g/mol. The molecule has 0 radical (unpaired) electrons. The Morgan fingerprint density at radius 2 is 1.94 bits per heavy atom. The molecule has 17 heavy (non-hydrogen) atoms. The first kappa shape index (κ1) is 17.4. The predicted octanol–water partition coefficient (Wildman–Crippen LogP) is 2.81. The van der Waals surface area contributed by atoms with E-state index in [9.17, 15) is 0 Å². The lowest BCUT2D eigenvalue weighted by Gasteiger charge is -2.24. The lowest BCUT2D eigenvalue weighted by atomic mass is 10.2. The number of thioether (sulfide) groups is 1. The van der Waals surface area contributed by atoms with Gasteiger partial charge < -0.3 is 10.2 Å². The zero-order valence-corrected chi connectivity index (χ0v) is 14.6. The number of nitrogens with zero attached hydrogens (tertiary/aromatic N) is 2. The van der Waals surface area contributed by atoms with Crippen molar-refractivity contribution in [3.05, 3.63) is 0 Å². The van der Waals surface area contributed by atoms with Crippen molar-refractivity contribution in [2.24, 2.45) is 4.99 Å². The van der Waals surface area contributed by atoms with E-state index in [1.807, 2.05) is 11.8 Å². The van der Waals surface area contributed by atoms with Crippen molar-refractivity contribution in [1.82, 2.24) is 10.2 Å². The normalized spacial score (nSPS) is 16.9. The molecule has 1 fully saturated rings. The van der Waals surface area contributed by atoms with Crippen LogP contribution < -0.4 is 5.32 Å². The van der Waals surface area contributed by atoms with Crippen molar-refractivity contribution in [1.29, 1.82) is 0 Å². The smallest absolute Gasteiger partial charge is 0.193 e. The van der Waals surface area contributed by atoms with Crippen LogP contribution in [0.5, 0.6) is 0 Å². The van der Waals surface area contributed by atoms with Crippen LogP contribution in [0, 0.1) is 0 Å². The zero-order valence-electron chi connectivity index (χ0n) is 11.5. The molecule has 0 atom stereocenters. The fourth-order valence-corrected chi connectivity index (χ4v) is 1.88. The van der Waals surface area contributed by atoms with E-state index in [4.69, 9.17) is 4.99 Å². The van der Waals surface area contributed by atoms with Gasteiger partial charge in [-0.3, -0.25) is 4.99 Å². The van der Waals surface area contributed by atoms with E-state index >= 15 is 0 Å². The molecule has 0 saturated carbocycles. The highest BCUT2D eigenvalue weighted by molar-refractivity contribution is 14.0. The molecule has 0 bridgehead atoms. The van der Waals surface area contributed by atoms with Gasteiger partial charge in [-0.15, -0.1) is 24.0 Å². The van der Waals surface area contributed by atoms with Crippen molar-refractivity contribution >= 4 is 41.7 Å². The van der Waals surface area contributed by atoms with E-state index < -0.39 is 0 Å². The molecule has 1 aliphatic rings. The Hall–Kier alpha value is 0.350. The third-order valence-electron chi connectivity index (χ3n) is 2.90. The molecule has 0 aromatic heterocycles. The van der Waals surface area contributed by atoms with E-state index in [-0.39, 0.29) is 28.7 Å². The predicted molar refractivity (Wildman–Crippen MR) is 89.8 cm³/mol. The van der Waals surface area contributed by atoms with Gasteiger partial charge in [0.1, 0.15) is 0 Å². The van der Waals surface area contributed by atoms with Crippen LogP contribution in [0.4, 0.5) is 0 Å². The van der Waals surface area contributed by atoms with E-state index in [0.717, 1.165) is 32.1 Å². The van der Waals surface area contributed by atoms with Gasteiger partial charge in [0.05, 0.1) is 6.54 Å². The second-order valence-electron chi connectivity index (χ2n) is 4.83. The summed E-state index contributed by atoms with van der Waals surface area (Å²) in [6, 6.07) is 0. The number of halogens is 1. The third kappa shape index (κ3) is 6.18. The quantitative estimate of drug-likeness (QED) is 0.468. The molecule has 1 rings (SSSR count). The zero-order chi connectivity index (χ0) is 12.0. The van der Waals surface area contributed by atoms with Gasteiger partial charge in [-0.2, -0.15) is 11.8 Å². The first-order valence-corrected chi connectivity index (χ1v) is 7.40. The molecule has 3 nitrogen and oxygen atoms in total. The summed E-state index contributed by atoms with van der Waals surface area (Å²) in [6.07, 6.45) is 4.75. The van der Waals surface area contributed by atoms with Crippen LogP contribution in [0.3, 0.4) is 0 Å². The van der Waals surface area contributed by atoms with Crippen molar-refractivity contribution in [2.45, 2.75) is 38.4 Å². The highest BCUT2D eigenvalue weighted by Gasteiger charge is 2.19. The first-order chi connectivity index (χ1) is 7.59. The number of rotatable bonds is 4. The first-order valence-electron chi connectivity index (χ1n) is 6.17. The van der Waals surface area contributed by atoms with Gasteiger partial charge in [-0.05, 0) is 39.9 Å². The summed E-state index contributed by atoms with van der Waals surface area (Å²) >= 11 is 1.88. The second kappa shape index (κ2) is 8.45. The van der Waals surface area contributed by atoms with Crippen LogP contribution in [0.1, 0.15) is 33.6 Å². The van der Waals surface area contributed by atoms with Crippen LogP contribution in [0.2, 0.25) is 0 Å². The van der Waals surface area contributed by atoms with Gasteiger partial charge in [0.15, 0.2) is 5.96 Å². The Labute approximate surface area is 127 Å². The molecule has 1 N–H and O–H groups in total. The summed E-state index contributed by atoms with van der Waals surface area (Å²) in [7, 11) is 0. The molecule has 0 unspecified atom stereocenters. The summed E-state index contributed by atoms with van der Waals surface area (Å²) in [4.78, 5) is 7.12. The van der Waals surface area contributed by atoms with Crippen molar-refractivity contribution in [3.63, 3.8) is 0 Å². The van der Waals surface area contributed by atoms with Crippen LogP contribution in [-0.2, 0) is 0 Å². The standard InChI is InChI=1S/C12H25N3S.HI/c1-5-13-11(15-8-6-7-9-15)14-10-12(2,3)16-4;/h5-10H2,1-4H3,(H,13,14);1H. The third-order valence-corrected chi connectivity index (χ3v) is 4.14. The lowest BCUT2D eigenvalue weighted by molar-refractivity contribution is 0.492. The Balaban J connectivity index is 0.00000256. The summed E-state index contributed by atoms with van der Waals surface area (Å²) in [6.45, 7) is 10.8. The molecular weight excluding hydrogens is 345 g/mol. The minimum absolute atomic E-state index is 0. The number of guanidine groups is 1. The number of nitrogens with one attached hydrogen (secondary N) is 1. The van der Waals surface area contributed by atoms with Crippen molar-refractivity contribution in [3.8, 4) is 0 Å². The van der Waals surface area contributed by atoms with Gasteiger partial charge in [0.2, 0.25) is 0 Å². The van der Waals surface area contributed by atoms with Gasteiger partial charge in [-0.25, -0.2) is 0 Å². The molecule has 1 aliphatic heterocycles. The van der Waals surface area contributed by atoms with Crippen LogP contribution in [0.15, 0.2) is 4.99 Å². The Morgan fingerprint density at radius 3 is 2.41 bits per heavy atom. The minimum atomic E-state index is 0. The van der Waals surface area contributed by atoms with Gasteiger partial charge in [0.25, 0.3) is 0 Å². The molecule has 102 valence electrons. The van der Waals surface area contributed by atoms with Gasteiger partial charge in [-0.1, -0.05) is 0 Å². The maximum atomic E-state index is 4.75. The average Bonchev–Trinajstić information content (AvgIpc) is 2.77. The molecule has 5 heteroatoms. The number of hydrogen-bond donors (Lipinski definition) is 1. The van der Waals surface area contributed by atoms with Gasteiger partial charge in [0, 0.05) is 24.4 Å². The van der Waals surface area contributed by atoms with E-state index in [1.165, 1.54) is 12.8 Å². The largest absolute Gasteiger partial charge is 0.357 e. The summed E-state index contributed by atoms with van der Waals surface area (Å²) in [5.41, 5.74) is 0. The van der Waals surface area contributed by atoms with Crippen LogP contribution >= 0.6 is 35.7 Å². The van der Waals surface area contributed by atoms with E-state index in [0.29, 0.717) is 0 Å². The maximum absolute atomic E-state index is 4.75. The number of hydrogen-bond acceptors (Lipinski definition) is 2. The second-order valence-corrected chi connectivity index (χ2v) is 6.34. The summed E-state index contributed by atoms with van der Waals surface area (Å²) < 4.78 is 0.237. The minimum Gasteiger partial charge on any atom is -0.357 e. The van der Waals surface area contributed by atoms with Crippen molar-refractivity contribution in [2.75, 3.05) is 32.4 Å². The molecule has 0 aromatic carbocycles. The molecule has 1 heterocycles. The van der Waals surface area contributed by atoms with Gasteiger partial charge >= 0.3 is 0 Å². The van der Waals surface area contributed by atoms with E-state index in [2.05, 4.69) is 37.2 Å². The fraction of sp³-hybridized carbons (Fsp3) is 0.917. The maximum Gasteiger partial charge on any atom is 0.193 e. The molecule has 0 aromatic rings. The monoisotopic (exact) mass is 371 g/mol. The summed E-state index contributed by atoms with van der Waals surface area (Å²) in [5.74, 6) is 1.10. The molecule has 0 spiro atoms. The highest BCUT2D eigenvalue weighted by Crippen LogP contribution is 2.21. The molecule has 0 amide bonds. The Morgan fingerprint density at radius 1 is 1.35 bits per heavy atom. The summed E-state index contributed by atoms with van der Waals surface area (Å²) in [5, 5.41) is 3.39. The fourth-order valence-electron chi connectivity index (χ4n) is 1.68.